The van der Waals surface area contributed by atoms with Gasteiger partial charge in [0.25, 0.3) is 0 Å². The monoisotopic (exact) mass is 400 g/mol. The lowest BCUT2D eigenvalue weighted by Gasteiger charge is -2.38. The maximum atomic E-state index is 15.9. The van der Waals surface area contributed by atoms with Crippen LogP contribution in [0.2, 0.25) is 0 Å². The van der Waals surface area contributed by atoms with Crippen LogP contribution in [0.1, 0.15) is 52.0 Å². The number of sulfonamides is 1. The highest BCUT2D eigenvalue weighted by Gasteiger charge is 2.44. The molecule has 1 fully saturated rings. The molecule has 0 saturated heterocycles. The molecular weight excluding hydrogens is 371 g/mol. The van der Waals surface area contributed by atoms with E-state index < -0.39 is 27.0 Å². The molecule has 2 atom stereocenters. The second-order valence-electron chi connectivity index (χ2n) is 7.23. The number of halogens is 1. The minimum Gasteiger partial charge on any atom is -0.492 e. The van der Waals surface area contributed by atoms with E-state index in [2.05, 4.69) is 10.0 Å². The summed E-state index contributed by atoms with van der Waals surface area (Å²) >= 11 is 0. The van der Waals surface area contributed by atoms with Crippen LogP contribution >= 0.6 is 0 Å². The summed E-state index contributed by atoms with van der Waals surface area (Å²) in [5, 5.41) is 2.02. The van der Waals surface area contributed by atoms with Crippen molar-refractivity contribution in [1.29, 1.82) is 0 Å². The molecular formula is C19H29FN2O4S. The van der Waals surface area contributed by atoms with Crippen LogP contribution in [0.15, 0.2) is 24.3 Å². The highest BCUT2D eigenvalue weighted by Crippen LogP contribution is 2.41. The molecule has 1 aliphatic rings. The van der Waals surface area contributed by atoms with Gasteiger partial charge in [-0.25, -0.2) is 17.5 Å². The van der Waals surface area contributed by atoms with E-state index in [4.69, 9.17) is 4.74 Å². The molecule has 2 unspecified atom stereocenters. The molecule has 2 N–H and O–H groups in total. The Bertz CT molecular complexity index is 737. The standard InChI is InChI=1S/C19H29FN2O4S/c1-14(2)27(24,25)22-18-6-4-5-11-19(18,20)16-7-9-17(10-8-16)26-13-12-21-15(3)23/h7-10,14,18,22H,4-6,11-13H2,1-3H3,(H,21,23). The number of hydrogen-bond donors (Lipinski definition) is 2. The molecule has 0 spiro atoms. The Morgan fingerprint density at radius 2 is 1.96 bits per heavy atom. The van der Waals surface area contributed by atoms with E-state index in [-0.39, 0.29) is 12.3 Å². The summed E-state index contributed by atoms with van der Waals surface area (Å²) in [5.41, 5.74) is -1.29. The topological polar surface area (TPSA) is 84.5 Å². The Balaban J connectivity index is 2.09. The van der Waals surface area contributed by atoms with Crippen molar-refractivity contribution in [2.75, 3.05) is 13.2 Å². The minimum absolute atomic E-state index is 0.125. The Morgan fingerprint density at radius 1 is 1.30 bits per heavy atom. The van der Waals surface area contributed by atoms with Crippen molar-refractivity contribution in [3.63, 3.8) is 0 Å². The first kappa shape index (κ1) is 21.6. The van der Waals surface area contributed by atoms with Crippen molar-refractivity contribution in [2.45, 2.75) is 63.4 Å². The third-order valence-corrected chi connectivity index (χ3v) is 6.70. The highest BCUT2D eigenvalue weighted by atomic mass is 32.2. The summed E-state index contributed by atoms with van der Waals surface area (Å²) in [7, 11) is -3.56. The quantitative estimate of drug-likeness (QED) is 0.657. The average molecular weight is 401 g/mol. The molecule has 6 nitrogen and oxygen atoms in total. The summed E-state index contributed by atoms with van der Waals surface area (Å²) in [6.45, 7) is 5.31. The number of rotatable bonds is 8. The number of ether oxygens (including phenoxy) is 1. The van der Waals surface area contributed by atoms with Gasteiger partial charge in [-0.3, -0.25) is 4.79 Å². The number of benzene rings is 1. The third-order valence-electron chi connectivity index (χ3n) is 4.84. The SMILES string of the molecule is CC(=O)NCCOc1ccc(C2(F)CCCCC2NS(=O)(=O)C(C)C)cc1. The second kappa shape index (κ2) is 9.01. The van der Waals surface area contributed by atoms with Crippen LogP contribution < -0.4 is 14.8 Å². The molecule has 1 aromatic rings. The van der Waals surface area contributed by atoms with Crippen LogP contribution in [0.25, 0.3) is 0 Å². The summed E-state index contributed by atoms with van der Waals surface area (Å²) in [4.78, 5) is 10.8. The Kier molecular flexibility index (Phi) is 7.22. The molecule has 2 rings (SSSR count). The zero-order chi connectivity index (χ0) is 20.1. The molecule has 1 saturated carbocycles. The summed E-state index contributed by atoms with van der Waals surface area (Å²) in [5.74, 6) is 0.448. The zero-order valence-corrected chi connectivity index (χ0v) is 16.9. The number of carbonyl (C=O) groups is 1. The molecule has 0 bridgehead atoms. The number of alkyl halides is 1. The average Bonchev–Trinajstić information content (AvgIpc) is 2.61. The van der Waals surface area contributed by atoms with Gasteiger partial charge in [-0.1, -0.05) is 18.6 Å². The molecule has 0 aliphatic heterocycles. The number of amides is 1. The van der Waals surface area contributed by atoms with E-state index in [0.29, 0.717) is 37.3 Å². The first-order valence-electron chi connectivity index (χ1n) is 9.33. The van der Waals surface area contributed by atoms with Gasteiger partial charge in [0, 0.05) is 6.92 Å². The number of carbonyl (C=O) groups excluding carboxylic acids is 1. The fourth-order valence-corrected chi connectivity index (χ4v) is 4.16. The highest BCUT2D eigenvalue weighted by molar-refractivity contribution is 7.90. The fourth-order valence-electron chi connectivity index (χ4n) is 3.19. The van der Waals surface area contributed by atoms with E-state index in [0.717, 1.165) is 6.42 Å². The van der Waals surface area contributed by atoms with Crippen LogP contribution in [-0.2, 0) is 20.5 Å². The molecule has 0 radical (unpaired) electrons. The molecule has 8 heteroatoms. The normalized spacial score (nSPS) is 23.2. The van der Waals surface area contributed by atoms with Crippen LogP contribution in [-0.4, -0.2) is 38.8 Å². The predicted molar refractivity (Wildman–Crippen MR) is 103 cm³/mol. The van der Waals surface area contributed by atoms with Gasteiger partial charge >= 0.3 is 0 Å². The third kappa shape index (κ3) is 5.65. The molecule has 0 aromatic heterocycles. The molecule has 152 valence electrons. The lowest BCUT2D eigenvalue weighted by atomic mass is 9.77. The van der Waals surface area contributed by atoms with Gasteiger partial charge in [0.05, 0.1) is 17.8 Å². The van der Waals surface area contributed by atoms with Crippen molar-refractivity contribution in [2.24, 2.45) is 0 Å². The Hall–Kier alpha value is -1.67. The van der Waals surface area contributed by atoms with Gasteiger partial charge in [0.15, 0.2) is 5.67 Å². The largest absolute Gasteiger partial charge is 0.492 e. The van der Waals surface area contributed by atoms with Crippen molar-refractivity contribution in [3.8, 4) is 5.75 Å². The number of hydrogen-bond acceptors (Lipinski definition) is 4. The van der Waals surface area contributed by atoms with Gasteiger partial charge in [0.1, 0.15) is 12.4 Å². The van der Waals surface area contributed by atoms with Crippen molar-refractivity contribution in [3.05, 3.63) is 29.8 Å². The Labute approximate surface area is 160 Å². The summed E-state index contributed by atoms with van der Waals surface area (Å²) in [6, 6.07) is 5.87. The molecule has 1 aliphatic carbocycles. The summed E-state index contributed by atoms with van der Waals surface area (Å²) < 4.78 is 48.5. The maximum Gasteiger partial charge on any atom is 0.216 e. The second-order valence-corrected chi connectivity index (χ2v) is 9.50. The van der Waals surface area contributed by atoms with Crippen LogP contribution in [0.4, 0.5) is 4.39 Å². The summed E-state index contributed by atoms with van der Waals surface area (Å²) in [6.07, 6.45) is 2.26. The van der Waals surface area contributed by atoms with E-state index in [1.807, 2.05) is 0 Å². The lowest BCUT2D eigenvalue weighted by molar-refractivity contribution is -0.119. The molecule has 27 heavy (non-hydrogen) atoms. The van der Waals surface area contributed by atoms with Gasteiger partial charge < -0.3 is 10.1 Å². The van der Waals surface area contributed by atoms with Crippen LogP contribution in [0, 0.1) is 0 Å². The molecule has 1 aromatic carbocycles. The van der Waals surface area contributed by atoms with E-state index in [1.165, 1.54) is 6.92 Å². The van der Waals surface area contributed by atoms with Gasteiger partial charge in [0.2, 0.25) is 15.9 Å². The van der Waals surface area contributed by atoms with Gasteiger partial charge in [-0.2, -0.15) is 0 Å². The zero-order valence-electron chi connectivity index (χ0n) is 16.1. The van der Waals surface area contributed by atoms with Crippen molar-refractivity contribution in [1.82, 2.24) is 10.0 Å². The maximum absolute atomic E-state index is 15.9. The predicted octanol–water partition coefficient (Wildman–Crippen LogP) is 2.64. The molecule has 0 heterocycles. The first-order chi connectivity index (χ1) is 12.6. The van der Waals surface area contributed by atoms with E-state index >= 15 is 4.39 Å². The number of nitrogens with one attached hydrogen (secondary N) is 2. The Morgan fingerprint density at radius 3 is 2.56 bits per heavy atom. The van der Waals surface area contributed by atoms with Crippen molar-refractivity contribution >= 4 is 15.9 Å². The lowest BCUT2D eigenvalue weighted by Crippen LogP contribution is -2.51. The van der Waals surface area contributed by atoms with Gasteiger partial charge in [-0.15, -0.1) is 0 Å². The van der Waals surface area contributed by atoms with E-state index in [1.54, 1.807) is 38.1 Å². The molecule has 1 amide bonds. The van der Waals surface area contributed by atoms with E-state index in [9.17, 15) is 13.2 Å². The van der Waals surface area contributed by atoms with Crippen LogP contribution in [0.5, 0.6) is 5.75 Å². The van der Waals surface area contributed by atoms with Crippen LogP contribution in [0.3, 0.4) is 0 Å². The fraction of sp³-hybridized carbons (Fsp3) is 0.632. The van der Waals surface area contributed by atoms with Gasteiger partial charge in [-0.05, 0) is 50.8 Å². The van der Waals surface area contributed by atoms with Crippen molar-refractivity contribution < 1.29 is 22.3 Å². The minimum atomic E-state index is -3.56. The smallest absolute Gasteiger partial charge is 0.216 e. The first-order valence-corrected chi connectivity index (χ1v) is 10.9.